The van der Waals surface area contributed by atoms with Crippen LogP contribution in [0.2, 0.25) is 0 Å². The molecule has 0 aliphatic carbocycles. The topological polar surface area (TPSA) is 69.6 Å². The molecule has 0 bridgehead atoms. The first-order valence-corrected chi connectivity index (χ1v) is 6.81. The SMILES string of the molecule is CC(C)(C)NC(=O)CN1CCCC(C)(C)C1C(=O)O. The quantitative estimate of drug-likeness (QED) is 0.815. The molecule has 0 aromatic heterocycles. The molecule has 1 amide bonds. The van der Waals surface area contributed by atoms with E-state index in [-0.39, 0.29) is 23.4 Å². The third kappa shape index (κ3) is 4.49. The lowest BCUT2D eigenvalue weighted by Gasteiger charge is -2.43. The molecule has 5 heteroatoms. The Morgan fingerprint density at radius 2 is 1.95 bits per heavy atom. The molecule has 19 heavy (non-hydrogen) atoms. The van der Waals surface area contributed by atoms with Gasteiger partial charge in [0.1, 0.15) is 6.04 Å². The summed E-state index contributed by atoms with van der Waals surface area (Å²) >= 11 is 0. The number of carbonyl (C=O) groups is 2. The molecule has 1 aliphatic rings. The third-order valence-electron chi connectivity index (χ3n) is 3.47. The van der Waals surface area contributed by atoms with E-state index >= 15 is 0 Å². The van der Waals surface area contributed by atoms with Gasteiger partial charge < -0.3 is 10.4 Å². The summed E-state index contributed by atoms with van der Waals surface area (Å²) in [5.41, 5.74) is -0.590. The molecule has 1 atom stereocenters. The molecule has 0 radical (unpaired) electrons. The van der Waals surface area contributed by atoms with E-state index in [1.807, 2.05) is 34.6 Å². The number of carbonyl (C=O) groups excluding carboxylic acids is 1. The second-order valence-corrected chi connectivity index (χ2v) is 7.10. The molecule has 5 nitrogen and oxygen atoms in total. The Balaban J connectivity index is 2.75. The maximum absolute atomic E-state index is 12.0. The van der Waals surface area contributed by atoms with Crippen molar-refractivity contribution in [3.05, 3.63) is 0 Å². The molecule has 1 heterocycles. The highest BCUT2D eigenvalue weighted by atomic mass is 16.4. The van der Waals surface area contributed by atoms with Gasteiger partial charge in [0, 0.05) is 5.54 Å². The number of carboxylic acids is 1. The van der Waals surface area contributed by atoms with Crippen molar-refractivity contribution >= 4 is 11.9 Å². The van der Waals surface area contributed by atoms with E-state index in [9.17, 15) is 14.7 Å². The van der Waals surface area contributed by atoms with Crippen LogP contribution in [0.25, 0.3) is 0 Å². The Labute approximate surface area is 115 Å². The van der Waals surface area contributed by atoms with Crippen molar-refractivity contribution in [1.29, 1.82) is 0 Å². The number of nitrogens with zero attached hydrogens (tertiary/aromatic N) is 1. The number of piperidine rings is 1. The fourth-order valence-corrected chi connectivity index (χ4v) is 2.80. The summed E-state index contributed by atoms with van der Waals surface area (Å²) < 4.78 is 0. The molecule has 1 fully saturated rings. The van der Waals surface area contributed by atoms with Gasteiger partial charge in [0.05, 0.1) is 6.54 Å². The summed E-state index contributed by atoms with van der Waals surface area (Å²) in [4.78, 5) is 25.2. The van der Waals surface area contributed by atoms with E-state index in [1.54, 1.807) is 4.90 Å². The van der Waals surface area contributed by atoms with Crippen LogP contribution in [0.1, 0.15) is 47.5 Å². The highest BCUT2D eigenvalue weighted by molar-refractivity contribution is 5.80. The Morgan fingerprint density at radius 1 is 1.37 bits per heavy atom. The standard InChI is InChI=1S/C14H26N2O3/c1-13(2,3)15-10(17)9-16-8-6-7-14(4,5)11(16)12(18)19/h11H,6-9H2,1-5H3,(H,15,17)(H,18,19). The Kier molecular flexibility index (Phi) is 4.61. The van der Waals surface area contributed by atoms with Crippen molar-refractivity contribution in [3.63, 3.8) is 0 Å². The van der Waals surface area contributed by atoms with Crippen LogP contribution in [-0.4, -0.2) is 46.6 Å². The molecule has 0 saturated carbocycles. The molecule has 110 valence electrons. The van der Waals surface area contributed by atoms with Gasteiger partial charge >= 0.3 is 5.97 Å². The monoisotopic (exact) mass is 270 g/mol. The third-order valence-corrected chi connectivity index (χ3v) is 3.47. The van der Waals surface area contributed by atoms with E-state index in [2.05, 4.69) is 5.32 Å². The number of nitrogens with one attached hydrogen (secondary N) is 1. The lowest BCUT2D eigenvalue weighted by molar-refractivity contribution is -0.151. The molecule has 1 aliphatic heterocycles. The molecule has 0 aromatic rings. The highest BCUT2D eigenvalue weighted by Crippen LogP contribution is 2.35. The van der Waals surface area contributed by atoms with E-state index in [0.29, 0.717) is 6.54 Å². The van der Waals surface area contributed by atoms with Crippen LogP contribution in [0.3, 0.4) is 0 Å². The molecule has 1 unspecified atom stereocenters. The first-order valence-electron chi connectivity index (χ1n) is 6.81. The van der Waals surface area contributed by atoms with Gasteiger partial charge in [-0.3, -0.25) is 14.5 Å². The normalized spacial score (nSPS) is 23.9. The van der Waals surface area contributed by atoms with E-state index < -0.39 is 12.0 Å². The zero-order valence-corrected chi connectivity index (χ0v) is 12.6. The molecule has 1 rings (SSSR count). The summed E-state index contributed by atoms with van der Waals surface area (Å²) in [7, 11) is 0. The van der Waals surface area contributed by atoms with Gasteiger partial charge in [0.25, 0.3) is 0 Å². The largest absolute Gasteiger partial charge is 0.480 e. The summed E-state index contributed by atoms with van der Waals surface area (Å²) in [5, 5.41) is 12.3. The van der Waals surface area contributed by atoms with Crippen molar-refractivity contribution in [2.45, 2.75) is 59.0 Å². The fourth-order valence-electron chi connectivity index (χ4n) is 2.80. The summed E-state index contributed by atoms with van der Waals surface area (Å²) in [6, 6.07) is -0.591. The van der Waals surface area contributed by atoms with Crippen LogP contribution in [-0.2, 0) is 9.59 Å². The van der Waals surface area contributed by atoms with Crippen molar-refractivity contribution in [3.8, 4) is 0 Å². The Hall–Kier alpha value is -1.10. The zero-order chi connectivity index (χ0) is 14.8. The number of aliphatic carboxylic acids is 1. The zero-order valence-electron chi connectivity index (χ0n) is 12.6. The van der Waals surface area contributed by atoms with Crippen molar-refractivity contribution in [2.24, 2.45) is 5.41 Å². The predicted octanol–water partition coefficient (Wildman–Crippen LogP) is 1.48. The number of carboxylic acid groups (broad SMARTS) is 1. The maximum atomic E-state index is 12.0. The fraction of sp³-hybridized carbons (Fsp3) is 0.857. The summed E-state index contributed by atoms with van der Waals surface area (Å²) in [5.74, 6) is -0.954. The lowest BCUT2D eigenvalue weighted by atomic mass is 9.76. The minimum absolute atomic E-state index is 0.114. The second kappa shape index (κ2) is 5.49. The van der Waals surface area contributed by atoms with E-state index in [1.165, 1.54) is 0 Å². The first-order chi connectivity index (χ1) is 8.53. The lowest BCUT2D eigenvalue weighted by Crippen LogP contribution is -2.57. The smallest absolute Gasteiger partial charge is 0.321 e. The van der Waals surface area contributed by atoms with Crippen LogP contribution in [0.4, 0.5) is 0 Å². The summed E-state index contributed by atoms with van der Waals surface area (Å²) in [6.45, 7) is 10.5. The number of hydrogen-bond donors (Lipinski definition) is 2. The molecule has 0 aromatic carbocycles. The Morgan fingerprint density at radius 3 is 2.42 bits per heavy atom. The minimum Gasteiger partial charge on any atom is -0.480 e. The highest BCUT2D eigenvalue weighted by Gasteiger charge is 2.43. The predicted molar refractivity (Wildman–Crippen MR) is 73.9 cm³/mol. The van der Waals surface area contributed by atoms with Crippen LogP contribution in [0, 0.1) is 5.41 Å². The van der Waals surface area contributed by atoms with Crippen molar-refractivity contribution in [2.75, 3.05) is 13.1 Å². The number of likely N-dealkylation sites (tertiary alicyclic amines) is 1. The molecular weight excluding hydrogens is 244 g/mol. The van der Waals surface area contributed by atoms with Gasteiger partial charge in [0.2, 0.25) is 5.91 Å². The molecule has 0 spiro atoms. The van der Waals surface area contributed by atoms with Gasteiger partial charge in [-0.1, -0.05) is 13.8 Å². The Bertz CT molecular complexity index is 358. The van der Waals surface area contributed by atoms with Gasteiger partial charge in [-0.15, -0.1) is 0 Å². The molecular formula is C14H26N2O3. The maximum Gasteiger partial charge on any atom is 0.321 e. The number of amides is 1. The van der Waals surface area contributed by atoms with Crippen LogP contribution in [0.15, 0.2) is 0 Å². The minimum atomic E-state index is -0.840. The van der Waals surface area contributed by atoms with Gasteiger partial charge in [-0.2, -0.15) is 0 Å². The van der Waals surface area contributed by atoms with Gasteiger partial charge in [-0.25, -0.2) is 0 Å². The average Bonchev–Trinajstić information content (AvgIpc) is 2.11. The van der Waals surface area contributed by atoms with E-state index in [0.717, 1.165) is 12.8 Å². The molecule has 2 N–H and O–H groups in total. The van der Waals surface area contributed by atoms with Crippen LogP contribution < -0.4 is 5.32 Å². The molecule has 1 saturated heterocycles. The number of rotatable bonds is 3. The van der Waals surface area contributed by atoms with Crippen molar-refractivity contribution in [1.82, 2.24) is 10.2 Å². The second-order valence-electron chi connectivity index (χ2n) is 7.10. The van der Waals surface area contributed by atoms with Crippen molar-refractivity contribution < 1.29 is 14.7 Å². The summed E-state index contributed by atoms with van der Waals surface area (Å²) in [6.07, 6.45) is 1.81. The van der Waals surface area contributed by atoms with Crippen LogP contribution in [0.5, 0.6) is 0 Å². The van der Waals surface area contributed by atoms with Gasteiger partial charge in [0.15, 0.2) is 0 Å². The first kappa shape index (κ1) is 16.0. The number of hydrogen-bond acceptors (Lipinski definition) is 3. The average molecular weight is 270 g/mol. The van der Waals surface area contributed by atoms with Gasteiger partial charge in [-0.05, 0) is 45.6 Å². The van der Waals surface area contributed by atoms with Crippen LogP contribution >= 0.6 is 0 Å². The van der Waals surface area contributed by atoms with E-state index in [4.69, 9.17) is 0 Å².